The number of carbonyl (C=O) groups excluding carboxylic acids is 2. The number of benzene rings is 1. The number of thiophene rings is 1. The van der Waals surface area contributed by atoms with Gasteiger partial charge in [-0.3, -0.25) is 9.59 Å². The van der Waals surface area contributed by atoms with Gasteiger partial charge in [-0.25, -0.2) is 0 Å². The number of aliphatic hydroxyl groups is 1. The number of esters is 1. The van der Waals surface area contributed by atoms with Crippen molar-refractivity contribution >= 4 is 23.2 Å². The number of rotatable bonds is 13. The van der Waals surface area contributed by atoms with Crippen LogP contribution in [0.2, 0.25) is 0 Å². The molecule has 2 N–H and O–H groups in total. The lowest BCUT2D eigenvalue weighted by Crippen LogP contribution is -2.34. The van der Waals surface area contributed by atoms with Gasteiger partial charge in [0.2, 0.25) is 0 Å². The molecule has 0 bridgehead atoms. The van der Waals surface area contributed by atoms with Crippen molar-refractivity contribution in [2.75, 3.05) is 20.3 Å². The number of nitrogens with one attached hydrogen (secondary N) is 1. The number of methoxy groups -OCH3 is 1. The molecule has 0 fully saturated rings. The SMILES string of the molecule is CCC(CCc1cc(C)c(C(=O)NCC(=O)OC)s1)c1ccc(OCC(O)(CC)CC)c(C)c1. The fourth-order valence-electron chi connectivity index (χ4n) is 3.88. The molecule has 1 amide bonds. The Labute approximate surface area is 207 Å². The maximum absolute atomic E-state index is 12.4. The number of hydrogen-bond donors (Lipinski definition) is 2. The minimum absolute atomic E-state index is 0.130. The van der Waals surface area contributed by atoms with Crippen molar-refractivity contribution in [1.29, 1.82) is 0 Å². The minimum atomic E-state index is -0.787. The zero-order valence-corrected chi connectivity index (χ0v) is 22.1. The number of carbonyl (C=O) groups is 2. The molecule has 2 aromatic rings. The minimum Gasteiger partial charge on any atom is -0.490 e. The summed E-state index contributed by atoms with van der Waals surface area (Å²) in [6.45, 7) is 10.3. The Morgan fingerprint density at radius 1 is 1.12 bits per heavy atom. The van der Waals surface area contributed by atoms with Crippen molar-refractivity contribution in [3.05, 3.63) is 50.7 Å². The second-order valence-corrected chi connectivity index (χ2v) is 10.0. The van der Waals surface area contributed by atoms with Crippen molar-refractivity contribution in [2.24, 2.45) is 0 Å². The van der Waals surface area contributed by atoms with Gasteiger partial charge in [-0.05, 0) is 80.7 Å². The summed E-state index contributed by atoms with van der Waals surface area (Å²) < 4.78 is 10.5. The van der Waals surface area contributed by atoms with Gasteiger partial charge in [0.05, 0.1) is 17.6 Å². The molecule has 1 heterocycles. The molecule has 2 rings (SSSR count). The molecule has 188 valence electrons. The van der Waals surface area contributed by atoms with Gasteiger partial charge in [0.25, 0.3) is 5.91 Å². The largest absolute Gasteiger partial charge is 0.490 e. The second-order valence-electron chi connectivity index (χ2n) is 8.87. The summed E-state index contributed by atoms with van der Waals surface area (Å²) in [7, 11) is 1.30. The summed E-state index contributed by atoms with van der Waals surface area (Å²) >= 11 is 1.49. The molecule has 0 spiro atoms. The van der Waals surface area contributed by atoms with Gasteiger partial charge in [0.15, 0.2) is 0 Å². The van der Waals surface area contributed by atoms with Crippen molar-refractivity contribution in [2.45, 2.75) is 78.2 Å². The van der Waals surface area contributed by atoms with E-state index in [0.717, 1.165) is 41.0 Å². The first kappa shape index (κ1) is 27.9. The third-order valence-electron chi connectivity index (χ3n) is 6.51. The molecule has 0 saturated carbocycles. The molecule has 0 aliphatic heterocycles. The molecule has 1 aromatic heterocycles. The molecule has 7 heteroatoms. The van der Waals surface area contributed by atoms with Crippen molar-refractivity contribution in [3.63, 3.8) is 0 Å². The topological polar surface area (TPSA) is 84.9 Å². The predicted octanol–water partition coefficient (Wildman–Crippen LogP) is 5.32. The zero-order valence-electron chi connectivity index (χ0n) is 21.3. The Bertz CT molecular complexity index is 964. The van der Waals surface area contributed by atoms with E-state index in [0.29, 0.717) is 30.2 Å². The summed E-state index contributed by atoms with van der Waals surface area (Å²) in [6.07, 6.45) is 4.20. The van der Waals surface area contributed by atoms with Crippen LogP contribution in [0, 0.1) is 13.8 Å². The van der Waals surface area contributed by atoms with E-state index in [1.807, 2.05) is 33.8 Å². The normalized spacial score (nSPS) is 12.3. The highest BCUT2D eigenvalue weighted by Crippen LogP contribution is 2.32. The quantitative estimate of drug-likeness (QED) is 0.372. The van der Waals surface area contributed by atoms with Gasteiger partial charge in [-0.2, -0.15) is 0 Å². The van der Waals surface area contributed by atoms with Crippen LogP contribution in [0.4, 0.5) is 0 Å². The van der Waals surface area contributed by atoms with Crippen LogP contribution in [0.15, 0.2) is 24.3 Å². The first-order valence-electron chi connectivity index (χ1n) is 12.1. The Kier molecular flexibility index (Phi) is 10.6. The molecule has 0 saturated heterocycles. The summed E-state index contributed by atoms with van der Waals surface area (Å²) in [4.78, 5) is 25.5. The Morgan fingerprint density at radius 3 is 2.41 bits per heavy atom. The Morgan fingerprint density at radius 2 is 1.82 bits per heavy atom. The lowest BCUT2D eigenvalue weighted by atomic mass is 9.90. The molecular weight excluding hydrogens is 450 g/mol. The van der Waals surface area contributed by atoms with Crippen LogP contribution >= 0.6 is 11.3 Å². The molecule has 6 nitrogen and oxygen atoms in total. The maximum atomic E-state index is 12.4. The molecular formula is C27H39NO5S. The van der Waals surface area contributed by atoms with E-state index in [-0.39, 0.29) is 12.5 Å². The highest BCUT2D eigenvalue weighted by Gasteiger charge is 2.23. The van der Waals surface area contributed by atoms with Gasteiger partial charge in [0, 0.05) is 4.88 Å². The van der Waals surface area contributed by atoms with Crippen molar-refractivity contribution in [3.8, 4) is 5.75 Å². The molecule has 0 aliphatic carbocycles. The average molecular weight is 490 g/mol. The number of hydrogen-bond acceptors (Lipinski definition) is 6. The smallest absolute Gasteiger partial charge is 0.325 e. The van der Waals surface area contributed by atoms with Gasteiger partial charge < -0.3 is 19.9 Å². The van der Waals surface area contributed by atoms with E-state index in [1.54, 1.807) is 0 Å². The van der Waals surface area contributed by atoms with Crippen LogP contribution in [-0.2, 0) is 16.0 Å². The van der Waals surface area contributed by atoms with Crippen LogP contribution in [0.5, 0.6) is 5.75 Å². The fraction of sp³-hybridized carbons (Fsp3) is 0.556. The van der Waals surface area contributed by atoms with Crippen LogP contribution in [0.3, 0.4) is 0 Å². The number of amides is 1. The number of aryl methyl sites for hydroxylation is 3. The van der Waals surface area contributed by atoms with Crippen LogP contribution in [0.1, 0.15) is 83.6 Å². The molecule has 0 aliphatic rings. The summed E-state index contributed by atoms with van der Waals surface area (Å²) in [5.74, 6) is 0.507. The van der Waals surface area contributed by atoms with Crippen LogP contribution < -0.4 is 10.1 Å². The van der Waals surface area contributed by atoms with Crippen LogP contribution in [0.25, 0.3) is 0 Å². The highest BCUT2D eigenvalue weighted by atomic mass is 32.1. The van der Waals surface area contributed by atoms with E-state index in [9.17, 15) is 14.7 Å². The van der Waals surface area contributed by atoms with Gasteiger partial charge in [0.1, 0.15) is 18.9 Å². The van der Waals surface area contributed by atoms with E-state index >= 15 is 0 Å². The first-order chi connectivity index (χ1) is 16.2. The maximum Gasteiger partial charge on any atom is 0.325 e. The van der Waals surface area contributed by atoms with E-state index in [2.05, 4.69) is 35.2 Å². The molecule has 1 aromatic carbocycles. The Balaban J connectivity index is 2.01. The standard InChI is InChI=1S/C27H39NO5S/c1-7-20(21-11-13-23(18(4)14-21)33-17-27(31,8-2)9-3)10-12-22-15-19(5)25(34-22)26(30)28-16-24(29)32-6/h11,13-15,20,31H,7-10,12,16-17H2,1-6H3,(H,28,30). The van der Waals surface area contributed by atoms with Gasteiger partial charge in [-0.1, -0.05) is 32.9 Å². The third-order valence-corrected chi connectivity index (χ3v) is 7.81. The van der Waals surface area contributed by atoms with Crippen LogP contribution in [-0.4, -0.2) is 42.8 Å². The zero-order chi connectivity index (χ0) is 25.3. The summed E-state index contributed by atoms with van der Waals surface area (Å²) in [6, 6.07) is 8.39. The van der Waals surface area contributed by atoms with E-state index in [1.165, 1.54) is 24.0 Å². The van der Waals surface area contributed by atoms with Gasteiger partial charge in [-0.15, -0.1) is 11.3 Å². The third kappa shape index (κ3) is 7.57. The summed E-state index contributed by atoms with van der Waals surface area (Å²) in [5.41, 5.74) is 2.48. The van der Waals surface area contributed by atoms with Crippen molar-refractivity contribution in [1.82, 2.24) is 5.32 Å². The van der Waals surface area contributed by atoms with E-state index in [4.69, 9.17) is 4.74 Å². The first-order valence-corrected chi connectivity index (χ1v) is 12.9. The Hall–Kier alpha value is -2.38. The average Bonchev–Trinajstić information content (AvgIpc) is 3.22. The molecule has 34 heavy (non-hydrogen) atoms. The fourth-order valence-corrected chi connectivity index (χ4v) is 4.98. The molecule has 0 radical (unpaired) electrons. The van der Waals surface area contributed by atoms with Crippen molar-refractivity contribution < 1.29 is 24.2 Å². The molecule has 1 unspecified atom stereocenters. The lowest BCUT2D eigenvalue weighted by Gasteiger charge is -2.26. The summed E-state index contributed by atoms with van der Waals surface area (Å²) in [5, 5.41) is 13.1. The van der Waals surface area contributed by atoms with E-state index < -0.39 is 11.6 Å². The highest BCUT2D eigenvalue weighted by molar-refractivity contribution is 7.14. The number of ether oxygens (including phenoxy) is 2. The predicted molar refractivity (Wildman–Crippen MR) is 137 cm³/mol. The lowest BCUT2D eigenvalue weighted by molar-refractivity contribution is -0.139. The van der Waals surface area contributed by atoms with Gasteiger partial charge >= 0.3 is 5.97 Å². The monoisotopic (exact) mass is 489 g/mol. The molecule has 1 atom stereocenters. The second kappa shape index (κ2) is 12.9.